The van der Waals surface area contributed by atoms with Crippen molar-refractivity contribution in [3.8, 4) is 0 Å². The van der Waals surface area contributed by atoms with Gasteiger partial charge in [0.25, 0.3) is 0 Å². The number of benzene rings is 1. The molecule has 4 heteroatoms. The Kier molecular flexibility index (Phi) is 2.49. The molecular weight excluding hydrogens is 284 g/mol. The monoisotopic (exact) mass is 298 g/mol. The summed E-state index contributed by atoms with van der Waals surface area (Å²) in [5.41, 5.74) is 3.55. The highest BCUT2D eigenvalue weighted by atomic mass is 35.5. The van der Waals surface area contributed by atoms with E-state index in [1.54, 1.807) is 0 Å². The summed E-state index contributed by atoms with van der Waals surface area (Å²) in [6.45, 7) is 4.24. The van der Waals surface area contributed by atoms with Gasteiger partial charge < -0.3 is 4.98 Å². The number of carbonyl (C=O) groups is 1. The largest absolute Gasteiger partial charge is 0.353 e. The molecule has 1 aliphatic rings. The third-order valence-corrected chi connectivity index (χ3v) is 4.48. The van der Waals surface area contributed by atoms with Crippen LogP contribution in [-0.2, 0) is 6.42 Å². The Morgan fingerprint density at radius 1 is 1.24 bits per heavy atom. The van der Waals surface area contributed by atoms with Crippen LogP contribution in [0.25, 0.3) is 21.8 Å². The molecule has 1 aromatic carbocycles. The van der Waals surface area contributed by atoms with Crippen molar-refractivity contribution in [1.29, 1.82) is 0 Å². The minimum Gasteiger partial charge on any atom is -0.353 e. The van der Waals surface area contributed by atoms with E-state index in [4.69, 9.17) is 11.6 Å². The first-order valence-corrected chi connectivity index (χ1v) is 7.44. The molecule has 0 fully saturated rings. The van der Waals surface area contributed by atoms with Crippen LogP contribution in [0.4, 0.5) is 0 Å². The van der Waals surface area contributed by atoms with E-state index in [0.717, 1.165) is 39.5 Å². The molecule has 0 saturated heterocycles. The summed E-state index contributed by atoms with van der Waals surface area (Å²) in [4.78, 5) is 20.5. The van der Waals surface area contributed by atoms with Gasteiger partial charge in [0, 0.05) is 33.3 Å². The van der Waals surface area contributed by atoms with Crippen LogP contribution in [0.3, 0.4) is 0 Å². The molecular formula is C17H15ClN2O. The van der Waals surface area contributed by atoms with Crippen molar-refractivity contribution in [3.63, 3.8) is 0 Å². The predicted octanol–water partition coefficient (Wildman–Crippen LogP) is 4.52. The van der Waals surface area contributed by atoms with Gasteiger partial charge in [-0.2, -0.15) is 0 Å². The Bertz CT molecular complexity index is 908. The summed E-state index contributed by atoms with van der Waals surface area (Å²) in [7, 11) is 0. The number of nitrogens with one attached hydrogen (secondary N) is 1. The van der Waals surface area contributed by atoms with E-state index >= 15 is 0 Å². The maximum absolute atomic E-state index is 12.6. The second-order valence-electron chi connectivity index (χ2n) is 6.62. The number of carbonyl (C=O) groups excluding carboxylic acids is 1. The smallest absolute Gasteiger partial charge is 0.165 e. The molecule has 0 radical (unpaired) electrons. The van der Waals surface area contributed by atoms with Crippen LogP contribution >= 0.6 is 11.6 Å². The fourth-order valence-corrected chi connectivity index (χ4v) is 3.55. The van der Waals surface area contributed by atoms with Crippen LogP contribution in [0.5, 0.6) is 0 Å². The number of rotatable bonds is 0. The molecule has 0 saturated carbocycles. The molecule has 0 aliphatic heterocycles. The lowest BCUT2D eigenvalue weighted by atomic mass is 9.75. The fraction of sp³-hybridized carbons (Fsp3) is 0.294. The third-order valence-electron chi connectivity index (χ3n) is 4.24. The van der Waals surface area contributed by atoms with E-state index in [2.05, 4.69) is 23.8 Å². The molecule has 1 N–H and O–H groups in total. The quantitative estimate of drug-likeness (QED) is 0.663. The molecule has 0 bridgehead atoms. The number of pyridine rings is 1. The van der Waals surface area contributed by atoms with Crippen LogP contribution in [0.2, 0.25) is 5.02 Å². The summed E-state index contributed by atoms with van der Waals surface area (Å²) in [6, 6.07) is 5.73. The number of halogens is 1. The fourth-order valence-electron chi connectivity index (χ4n) is 3.38. The highest BCUT2D eigenvalue weighted by molar-refractivity contribution is 6.31. The van der Waals surface area contributed by atoms with E-state index in [-0.39, 0.29) is 11.2 Å². The molecule has 2 heterocycles. The summed E-state index contributed by atoms with van der Waals surface area (Å²) in [5, 5.41) is 2.72. The summed E-state index contributed by atoms with van der Waals surface area (Å²) in [6.07, 6.45) is 3.24. The number of Topliss-reactive ketones (excluding diaryl/α,β-unsaturated/α-hetero) is 1. The zero-order valence-corrected chi connectivity index (χ0v) is 12.7. The minimum absolute atomic E-state index is 0.0137. The summed E-state index contributed by atoms with van der Waals surface area (Å²) >= 11 is 6.05. The molecule has 4 rings (SSSR count). The molecule has 1 aliphatic carbocycles. The zero-order chi connectivity index (χ0) is 14.8. The van der Waals surface area contributed by atoms with Gasteiger partial charge in [-0.25, -0.2) is 0 Å². The number of ketones is 1. The number of H-pyrrole nitrogens is 1. The summed E-state index contributed by atoms with van der Waals surface area (Å²) < 4.78 is 0. The Balaban J connectivity index is 2.11. The van der Waals surface area contributed by atoms with Crippen LogP contribution in [0, 0.1) is 5.41 Å². The predicted molar refractivity (Wildman–Crippen MR) is 85.0 cm³/mol. The number of aromatic amines is 1. The summed E-state index contributed by atoms with van der Waals surface area (Å²) in [5.74, 6) is 0.190. The second-order valence-corrected chi connectivity index (χ2v) is 7.06. The van der Waals surface area contributed by atoms with E-state index in [1.165, 1.54) is 0 Å². The molecule has 106 valence electrons. The van der Waals surface area contributed by atoms with Crippen molar-refractivity contribution in [2.24, 2.45) is 5.41 Å². The highest BCUT2D eigenvalue weighted by Crippen LogP contribution is 2.39. The lowest BCUT2D eigenvalue weighted by Gasteiger charge is -2.29. The number of fused-ring (bicyclic) bond motifs is 5. The average Bonchev–Trinajstić information content (AvgIpc) is 2.74. The van der Waals surface area contributed by atoms with Crippen LogP contribution in [0.15, 0.2) is 24.4 Å². The third kappa shape index (κ3) is 1.88. The van der Waals surface area contributed by atoms with Gasteiger partial charge in [-0.1, -0.05) is 31.5 Å². The maximum atomic E-state index is 12.6. The molecule has 0 unspecified atom stereocenters. The van der Waals surface area contributed by atoms with Crippen LogP contribution < -0.4 is 0 Å². The first-order valence-electron chi connectivity index (χ1n) is 7.07. The lowest BCUT2D eigenvalue weighted by molar-refractivity contribution is 0.0912. The molecule has 0 amide bonds. The van der Waals surface area contributed by atoms with E-state index < -0.39 is 0 Å². The topological polar surface area (TPSA) is 45.8 Å². The maximum Gasteiger partial charge on any atom is 0.165 e. The number of aromatic nitrogens is 2. The van der Waals surface area contributed by atoms with E-state index in [0.29, 0.717) is 11.4 Å². The number of hydrogen-bond acceptors (Lipinski definition) is 2. The first kappa shape index (κ1) is 12.8. The van der Waals surface area contributed by atoms with Crippen molar-refractivity contribution in [1.82, 2.24) is 9.97 Å². The van der Waals surface area contributed by atoms with Gasteiger partial charge in [-0.3, -0.25) is 9.78 Å². The standard InChI is InChI=1S/C17H15ClN2O/c1-17(2)6-12-16(14(21)7-17)15-10-4-3-9(18)5-11(10)20-13(15)8-19-12/h3-5,8,20H,6-7H2,1-2H3. The Hall–Kier alpha value is -1.87. The van der Waals surface area contributed by atoms with Crippen LogP contribution in [-0.4, -0.2) is 15.8 Å². The lowest BCUT2D eigenvalue weighted by Crippen LogP contribution is -2.27. The molecule has 21 heavy (non-hydrogen) atoms. The van der Waals surface area contributed by atoms with Gasteiger partial charge in [0.05, 0.1) is 17.4 Å². The Morgan fingerprint density at radius 2 is 2.05 bits per heavy atom. The van der Waals surface area contributed by atoms with Gasteiger partial charge in [0.2, 0.25) is 0 Å². The van der Waals surface area contributed by atoms with E-state index in [9.17, 15) is 4.79 Å². The number of nitrogens with zero attached hydrogens (tertiary/aromatic N) is 1. The molecule has 3 aromatic rings. The highest BCUT2D eigenvalue weighted by Gasteiger charge is 2.33. The van der Waals surface area contributed by atoms with Gasteiger partial charge in [0.15, 0.2) is 5.78 Å². The normalized spacial score (nSPS) is 17.4. The van der Waals surface area contributed by atoms with Crippen molar-refractivity contribution >= 4 is 39.2 Å². The average molecular weight is 299 g/mol. The van der Waals surface area contributed by atoms with E-state index in [1.807, 2.05) is 24.4 Å². The van der Waals surface area contributed by atoms with Crippen LogP contribution in [0.1, 0.15) is 36.3 Å². The van der Waals surface area contributed by atoms with Gasteiger partial charge in [0.1, 0.15) is 0 Å². The Morgan fingerprint density at radius 3 is 2.86 bits per heavy atom. The second kappa shape index (κ2) is 4.08. The van der Waals surface area contributed by atoms with Crippen molar-refractivity contribution in [2.45, 2.75) is 26.7 Å². The zero-order valence-electron chi connectivity index (χ0n) is 12.0. The molecule has 0 atom stereocenters. The van der Waals surface area contributed by atoms with Crippen molar-refractivity contribution in [3.05, 3.63) is 40.7 Å². The molecule has 0 spiro atoms. The molecule has 3 nitrogen and oxygen atoms in total. The van der Waals surface area contributed by atoms with Crippen molar-refractivity contribution < 1.29 is 4.79 Å². The van der Waals surface area contributed by atoms with Gasteiger partial charge in [-0.15, -0.1) is 0 Å². The van der Waals surface area contributed by atoms with Gasteiger partial charge >= 0.3 is 0 Å². The Labute approximate surface area is 127 Å². The first-order chi connectivity index (χ1) is 9.94. The number of hydrogen-bond donors (Lipinski definition) is 1. The van der Waals surface area contributed by atoms with Crippen molar-refractivity contribution in [2.75, 3.05) is 0 Å². The molecule has 2 aromatic heterocycles. The minimum atomic E-state index is -0.0137. The SMILES string of the molecule is CC1(C)CC(=O)c2c(ncc3[nH]c4cc(Cl)ccc4c23)C1. The van der Waals surface area contributed by atoms with Gasteiger partial charge in [-0.05, 0) is 24.0 Å².